The van der Waals surface area contributed by atoms with Crippen LogP contribution in [-0.2, 0) is 9.59 Å². The molecule has 1 rings (SSSR count). The van der Waals surface area contributed by atoms with E-state index in [1.165, 1.54) is 0 Å². The van der Waals surface area contributed by atoms with Crippen LogP contribution >= 0.6 is 0 Å². The Morgan fingerprint density at radius 2 is 1.75 bits per heavy atom. The third-order valence-electron chi connectivity index (χ3n) is 3.07. The quantitative estimate of drug-likeness (QED) is 0.506. The molecular formula is C12H21N3O5. The fourth-order valence-electron chi connectivity index (χ4n) is 1.92. The third-order valence-corrected chi connectivity index (χ3v) is 3.07. The Bertz CT molecular complexity index is 355. The van der Waals surface area contributed by atoms with Crippen LogP contribution in [0.15, 0.2) is 0 Å². The Balaban J connectivity index is 2.12. The SMILES string of the molecule is O=C(NCCC(=O)N1CCCCC1)NCC(O)C(=O)O. The smallest absolute Gasteiger partial charge is 0.334 e. The number of hydrogen-bond donors (Lipinski definition) is 4. The van der Waals surface area contributed by atoms with E-state index in [9.17, 15) is 14.4 Å². The van der Waals surface area contributed by atoms with Gasteiger partial charge in [-0.3, -0.25) is 4.79 Å². The number of likely N-dealkylation sites (tertiary alicyclic amines) is 1. The molecule has 0 saturated carbocycles. The van der Waals surface area contributed by atoms with Crippen LogP contribution in [-0.4, -0.2) is 65.3 Å². The van der Waals surface area contributed by atoms with Crippen molar-refractivity contribution in [3.8, 4) is 0 Å². The van der Waals surface area contributed by atoms with E-state index in [2.05, 4.69) is 10.6 Å². The molecule has 1 unspecified atom stereocenters. The van der Waals surface area contributed by atoms with E-state index in [0.717, 1.165) is 32.4 Å². The number of amides is 3. The molecule has 0 radical (unpaired) electrons. The zero-order valence-corrected chi connectivity index (χ0v) is 11.3. The van der Waals surface area contributed by atoms with Gasteiger partial charge >= 0.3 is 12.0 Å². The van der Waals surface area contributed by atoms with Gasteiger partial charge in [0, 0.05) is 26.1 Å². The molecule has 4 N–H and O–H groups in total. The summed E-state index contributed by atoms with van der Waals surface area (Å²) in [5.41, 5.74) is 0. The molecule has 0 aromatic heterocycles. The van der Waals surface area contributed by atoms with E-state index < -0.39 is 18.1 Å². The second-order valence-electron chi connectivity index (χ2n) is 4.68. The average molecular weight is 287 g/mol. The summed E-state index contributed by atoms with van der Waals surface area (Å²) in [6.45, 7) is 1.36. The summed E-state index contributed by atoms with van der Waals surface area (Å²) < 4.78 is 0. The lowest BCUT2D eigenvalue weighted by Gasteiger charge is -2.26. The highest BCUT2D eigenvalue weighted by molar-refractivity contribution is 5.79. The summed E-state index contributed by atoms with van der Waals surface area (Å²) in [6, 6.07) is -0.600. The van der Waals surface area contributed by atoms with E-state index in [0.29, 0.717) is 0 Å². The standard InChI is InChI=1S/C12H21N3O5/c16-9(11(18)19)8-14-12(20)13-5-4-10(17)15-6-2-1-3-7-15/h9,16H,1-8H2,(H,18,19)(H2,13,14,20). The topological polar surface area (TPSA) is 119 Å². The van der Waals surface area contributed by atoms with Gasteiger partial charge in [-0.15, -0.1) is 0 Å². The molecule has 1 saturated heterocycles. The van der Waals surface area contributed by atoms with Crippen molar-refractivity contribution in [2.45, 2.75) is 31.8 Å². The second-order valence-corrected chi connectivity index (χ2v) is 4.68. The first-order valence-electron chi connectivity index (χ1n) is 6.71. The maximum absolute atomic E-state index is 11.8. The summed E-state index contributed by atoms with van der Waals surface area (Å²) in [7, 11) is 0. The second kappa shape index (κ2) is 8.36. The largest absolute Gasteiger partial charge is 0.479 e. The number of carboxylic acids is 1. The van der Waals surface area contributed by atoms with Gasteiger partial charge in [-0.2, -0.15) is 0 Å². The number of rotatable bonds is 6. The molecule has 8 nitrogen and oxygen atoms in total. The van der Waals surface area contributed by atoms with Gasteiger partial charge in [0.05, 0.1) is 6.54 Å². The van der Waals surface area contributed by atoms with Crippen LogP contribution in [0.25, 0.3) is 0 Å². The predicted octanol–water partition coefficient (Wildman–Crippen LogP) is -0.866. The number of carboxylic acid groups (broad SMARTS) is 1. The molecule has 20 heavy (non-hydrogen) atoms. The number of hydrogen-bond acceptors (Lipinski definition) is 4. The maximum Gasteiger partial charge on any atom is 0.334 e. The monoisotopic (exact) mass is 287 g/mol. The summed E-state index contributed by atoms with van der Waals surface area (Å²) in [4.78, 5) is 35.2. The zero-order valence-electron chi connectivity index (χ0n) is 11.3. The number of nitrogens with zero attached hydrogens (tertiary/aromatic N) is 1. The lowest BCUT2D eigenvalue weighted by molar-refractivity contribution is -0.146. The molecule has 3 amide bonds. The van der Waals surface area contributed by atoms with Gasteiger partial charge in [0.25, 0.3) is 0 Å². The fourth-order valence-corrected chi connectivity index (χ4v) is 1.92. The summed E-state index contributed by atoms with van der Waals surface area (Å²) in [6.07, 6.45) is 1.78. The number of piperidine rings is 1. The van der Waals surface area contributed by atoms with Crippen molar-refractivity contribution in [3.63, 3.8) is 0 Å². The number of nitrogens with one attached hydrogen (secondary N) is 2. The molecule has 1 aliphatic heterocycles. The van der Waals surface area contributed by atoms with E-state index in [1.807, 2.05) is 0 Å². The van der Waals surface area contributed by atoms with Crippen LogP contribution in [0.3, 0.4) is 0 Å². The number of carbonyl (C=O) groups is 3. The molecule has 1 heterocycles. The first-order valence-corrected chi connectivity index (χ1v) is 6.71. The molecule has 0 aliphatic carbocycles. The molecule has 1 atom stereocenters. The Morgan fingerprint density at radius 3 is 2.35 bits per heavy atom. The molecule has 1 fully saturated rings. The summed E-state index contributed by atoms with van der Waals surface area (Å²) in [5.74, 6) is -1.39. The van der Waals surface area contributed by atoms with Crippen LogP contribution in [0.2, 0.25) is 0 Å². The van der Waals surface area contributed by atoms with Crippen molar-refractivity contribution in [2.75, 3.05) is 26.2 Å². The molecule has 0 bridgehead atoms. The Kier molecular flexibility index (Phi) is 6.78. The lowest BCUT2D eigenvalue weighted by atomic mass is 10.1. The number of aliphatic hydroxyl groups is 1. The van der Waals surface area contributed by atoms with Gasteiger partial charge in [-0.25, -0.2) is 9.59 Å². The molecular weight excluding hydrogens is 266 g/mol. The normalized spacial score (nSPS) is 16.4. The predicted molar refractivity (Wildman–Crippen MR) is 70.1 cm³/mol. The number of carbonyl (C=O) groups excluding carboxylic acids is 2. The average Bonchev–Trinajstić information content (AvgIpc) is 2.45. The third kappa shape index (κ3) is 5.87. The van der Waals surface area contributed by atoms with Gasteiger partial charge in [-0.05, 0) is 19.3 Å². The molecule has 0 aromatic rings. The minimum absolute atomic E-state index is 0.00979. The van der Waals surface area contributed by atoms with Gasteiger partial charge in [0.2, 0.25) is 5.91 Å². The van der Waals surface area contributed by atoms with Gasteiger partial charge < -0.3 is 25.7 Å². The Labute approximate surface area is 117 Å². The molecule has 1 aliphatic rings. The van der Waals surface area contributed by atoms with Crippen molar-refractivity contribution in [1.82, 2.24) is 15.5 Å². The highest BCUT2D eigenvalue weighted by atomic mass is 16.4. The van der Waals surface area contributed by atoms with Crippen molar-refractivity contribution in [3.05, 3.63) is 0 Å². The van der Waals surface area contributed by atoms with E-state index in [-0.39, 0.29) is 25.4 Å². The highest BCUT2D eigenvalue weighted by Gasteiger charge is 2.17. The Morgan fingerprint density at radius 1 is 1.10 bits per heavy atom. The van der Waals surface area contributed by atoms with Crippen LogP contribution in [0.4, 0.5) is 4.79 Å². The molecule has 8 heteroatoms. The number of aliphatic hydroxyl groups excluding tert-OH is 1. The van der Waals surface area contributed by atoms with Crippen molar-refractivity contribution < 1.29 is 24.6 Å². The van der Waals surface area contributed by atoms with E-state index in [1.54, 1.807) is 4.90 Å². The summed E-state index contributed by atoms with van der Waals surface area (Å²) in [5, 5.41) is 22.0. The number of aliphatic carboxylic acids is 1. The van der Waals surface area contributed by atoms with Crippen molar-refractivity contribution in [1.29, 1.82) is 0 Å². The van der Waals surface area contributed by atoms with E-state index >= 15 is 0 Å². The van der Waals surface area contributed by atoms with Crippen molar-refractivity contribution in [2.24, 2.45) is 0 Å². The lowest BCUT2D eigenvalue weighted by Crippen LogP contribution is -2.43. The van der Waals surface area contributed by atoms with E-state index in [4.69, 9.17) is 10.2 Å². The number of urea groups is 1. The highest BCUT2D eigenvalue weighted by Crippen LogP contribution is 2.09. The van der Waals surface area contributed by atoms with Crippen LogP contribution < -0.4 is 10.6 Å². The zero-order chi connectivity index (χ0) is 15.0. The minimum Gasteiger partial charge on any atom is -0.479 e. The van der Waals surface area contributed by atoms with Gasteiger partial charge in [0.15, 0.2) is 6.10 Å². The fraction of sp³-hybridized carbons (Fsp3) is 0.750. The first-order chi connectivity index (χ1) is 9.50. The van der Waals surface area contributed by atoms with Crippen LogP contribution in [0.5, 0.6) is 0 Å². The Hall–Kier alpha value is -1.83. The van der Waals surface area contributed by atoms with Crippen LogP contribution in [0, 0.1) is 0 Å². The molecule has 114 valence electrons. The maximum atomic E-state index is 11.8. The molecule has 0 spiro atoms. The first kappa shape index (κ1) is 16.2. The molecule has 0 aromatic carbocycles. The van der Waals surface area contributed by atoms with Gasteiger partial charge in [-0.1, -0.05) is 0 Å². The summed E-state index contributed by atoms with van der Waals surface area (Å²) >= 11 is 0. The van der Waals surface area contributed by atoms with Gasteiger partial charge in [0.1, 0.15) is 0 Å². The van der Waals surface area contributed by atoms with Crippen molar-refractivity contribution >= 4 is 17.9 Å². The van der Waals surface area contributed by atoms with Crippen LogP contribution in [0.1, 0.15) is 25.7 Å². The minimum atomic E-state index is -1.63.